The van der Waals surface area contributed by atoms with Gasteiger partial charge in [0.05, 0.1) is 13.0 Å². The first-order valence-corrected chi connectivity index (χ1v) is 5.85. The number of ether oxygens (including phenoxy) is 1. The van der Waals surface area contributed by atoms with Gasteiger partial charge in [-0.05, 0) is 48.9 Å². The summed E-state index contributed by atoms with van der Waals surface area (Å²) in [6.07, 6.45) is 2.23. The van der Waals surface area contributed by atoms with Gasteiger partial charge in [-0.1, -0.05) is 17.7 Å². The lowest BCUT2D eigenvalue weighted by Crippen LogP contribution is -2.17. The van der Waals surface area contributed by atoms with Gasteiger partial charge < -0.3 is 4.74 Å². The van der Waals surface area contributed by atoms with Crippen LogP contribution in [0, 0.1) is 12.8 Å². The summed E-state index contributed by atoms with van der Waals surface area (Å²) in [5, 5.41) is 0.709. The molecule has 0 amide bonds. The third-order valence-corrected chi connectivity index (χ3v) is 3.35. The number of hydrogen-bond donors (Lipinski definition) is 0. The van der Waals surface area contributed by atoms with Crippen LogP contribution >= 0.6 is 11.6 Å². The zero-order valence-electron chi connectivity index (χ0n) is 9.50. The summed E-state index contributed by atoms with van der Waals surface area (Å²) in [7, 11) is 1.45. The van der Waals surface area contributed by atoms with Crippen LogP contribution in [0.2, 0.25) is 5.02 Å². The van der Waals surface area contributed by atoms with E-state index in [9.17, 15) is 4.79 Å². The monoisotopic (exact) mass is 238 g/mol. The number of rotatable bonds is 3. The van der Waals surface area contributed by atoms with Gasteiger partial charge in [-0.2, -0.15) is 0 Å². The Bertz CT molecular complexity index is 410. The van der Waals surface area contributed by atoms with Crippen molar-refractivity contribution in [2.24, 2.45) is 5.92 Å². The summed E-state index contributed by atoms with van der Waals surface area (Å²) < 4.78 is 4.88. The Morgan fingerprint density at radius 1 is 1.50 bits per heavy atom. The largest absolute Gasteiger partial charge is 0.469 e. The second kappa shape index (κ2) is 4.46. The summed E-state index contributed by atoms with van der Waals surface area (Å²) in [6.45, 7) is 1.99. The van der Waals surface area contributed by atoms with E-state index >= 15 is 0 Å². The molecule has 0 bridgehead atoms. The van der Waals surface area contributed by atoms with Crippen LogP contribution in [0.1, 0.15) is 29.9 Å². The lowest BCUT2D eigenvalue weighted by Gasteiger charge is -2.16. The zero-order valence-corrected chi connectivity index (χ0v) is 10.3. The quantitative estimate of drug-likeness (QED) is 0.756. The van der Waals surface area contributed by atoms with E-state index in [1.807, 2.05) is 25.1 Å². The van der Waals surface area contributed by atoms with Crippen molar-refractivity contribution in [2.45, 2.75) is 25.7 Å². The molecule has 0 saturated heterocycles. The molecule has 1 atom stereocenters. The van der Waals surface area contributed by atoms with Gasteiger partial charge in [0.1, 0.15) is 0 Å². The lowest BCUT2D eigenvalue weighted by molar-refractivity contribution is -0.143. The van der Waals surface area contributed by atoms with Crippen LogP contribution in [-0.4, -0.2) is 13.1 Å². The van der Waals surface area contributed by atoms with Gasteiger partial charge in [-0.25, -0.2) is 0 Å². The van der Waals surface area contributed by atoms with E-state index in [0.717, 1.165) is 24.0 Å². The highest BCUT2D eigenvalue weighted by Gasteiger charge is 2.38. The molecule has 0 spiro atoms. The highest BCUT2D eigenvalue weighted by molar-refractivity contribution is 6.30. The second-order valence-electron chi connectivity index (χ2n) is 4.34. The molecule has 1 unspecified atom stereocenters. The number of carbonyl (C=O) groups is 1. The summed E-state index contributed by atoms with van der Waals surface area (Å²) in [4.78, 5) is 11.8. The summed E-state index contributed by atoms with van der Waals surface area (Å²) in [5.41, 5.74) is 2.12. The standard InChI is InChI=1S/C13H15ClO2/c1-8-7-10(14)5-6-11(8)12(9-3-4-9)13(15)16-2/h5-7,9,12H,3-4H2,1-2H3. The molecule has 16 heavy (non-hydrogen) atoms. The molecule has 2 nitrogen and oxygen atoms in total. The van der Waals surface area contributed by atoms with Crippen molar-refractivity contribution in [3.63, 3.8) is 0 Å². The van der Waals surface area contributed by atoms with Gasteiger partial charge >= 0.3 is 5.97 Å². The smallest absolute Gasteiger partial charge is 0.313 e. The predicted molar refractivity (Wildman–Crippen MR) is 63.7 cm³/mol. The van der Waals surface area contributed by atoms with Crippen LogP contribution in [-0.2, 0) is 9.53 Å². The van der Waals surface area contributed by atoms with E-state index in [2.05, 4.69) is 0 Å². The number of halogens is 1. The van der Waals surface area contributed by atoms with Crippen molar-refractivity contribution >= 4 is 17.6 Å². The Morgan fingerprint density at radius 2 is 2.19 bits per heavy atom. The second-order valence-corrected chi connectivity index (χ2v) is 4.78. The predicted octanol–water partition coefficient (Wildman–Crippen LogP) is 3.32. The Balaban J connectivity index is 2.34. The average molecular weight is 239 g/mol. The summed E-state index contributed by atoms with van der Waals surface area (Å²) >= 11 is 5.91. The minimum atomic E-state index is -0.132. The molecule has 1 aromatic carbocycles. The van der Waals surface area contributed by atoms with Crippen LogP contribution in [0.5, 0.6) is 0 Å². The Kier molecular flexibility index (Phi) is 3.20. The van der Waals surface area contributed by atoms with Crippen molar-refractivity contribution in [1.29, 1.82) is 0 Å². The first kappa shape index (κ1) is 11.5. The normalized spacial score (nSPS) is 16.9. The van der Waals surface area contributed by atoms with E-state index in [1.54, 1.807) is 0 Å². The molecule has 0 aromatic heterocycles. The zero-order chi connectivity index (χ0) is 11.7. The third kappa shape index (κ3) is 2.22. The number of methoxy groups -OCH3 is 1. The third-order valence-electron chi connectivity index (χ3n) is 3.12. The first-order valence-electron chi connectivity index (χ1n) is 5.47. The van der Waals surface area contributed by atoms with E-state index in [1.165, 1.54) is 7.11 Å². The maximum absolute atomic E-state index is 11.8. The molecule has 1 aliphatic carbocycles. The average Bonchev–Trinajstić information content (AvgIpc) is 3.05. The molecule has 86 valence electrons. The topological polar surface area (TPSA) is 26.3 Å². The molecule has 0 aliphatic heterocycles. The number of aryl methyl sites for hydroxylation is 1. The Labute approximate surface area is 101 Å². The van der Waals surface area contributed by atoms with Gasteiger partial charge in [0.2, 0.25) is 0 Å². The van der Waals surface area contributed by atoms with Crippen molar-refractivity contribution < 1.29 is 9.53 Å². The van der Waals surface area contributed by atoms with E-state index in [-0.39, 0.29) is 11.9 Å². The Hall–Kier alpha value is -1.02. The minimum Gasteiger partial charge on any atom is -0.469 e. The number of hydrogen-bond acceptors (Lipinski definition) is 2. The van der Waals surface area contributed by atoms with Gasteiger partial charge in [-0.3, -0.25) is 4.79 Å². The molecule has 0 N–H and O–H groups in total. The van der Waals surface area contributed by atoms with Crippen molar-refractivity contribution in [3.8, 4) is 0 Å². The van der Waals surface area contributed by atoms with Crippen LogP contribution in [0.15, 0.2) is 18.2 Å². The summed E-state index contributed by atoms with van der Waals surface area (Å²) in [5.74, 6) is 0.211. The van der Waals surface area contributed by atoms with Gasteiger partial charge in [0.15, 0.2) is 0 Å². The van der Waals surface area contributed by atoms with Crippen LogP contribution in [0.4, 0.5) is 0 Å². The molecule has 3 heteroatoms. The maximum atomic E-state index is 11.8. The van der Waals surface area contributed by atoms with Crippen molar-refractivity contribution in [1.82, 2.24) is 0 Å². The van der Waals surface area contributed by atoms with Crippen molar-refractivity contribution in [3.05, 3.63) is 34.3 Å². The Morgan fingerprint density at radius 3 is 2.69 bits per heavy atom. The fourth-order valence-electron chi connectivity index (χ4n) is 2.12. The first-order chi connectivity index (χ1) is 7.63. The summed E-state index contributed by atoms with van der Waals surface area (Å²) in [6, 6.07) is 5.68. The van der Waals surface area contributed by atoms with Gasteiger partial charge in [0.25, 0.3) is 0 Å². The van der Waals surface area contributed by atoms with Gasteiger partial charge in [-0.15, -0.1) is 0 Å². The molecular weight excluding hydrogens is 224 g/mol. The molecule has 0 radical (unpaired) electrons. The fraction of sp³-hybridized carbons (Fsp3) is 0.462. The van der Waals surface area contributed by atoms with Crippen LogP contribution < -0.4 is 0 Å². The van der Waals surface area contributed by atoms with E-state index in [0.29, 0.717) is 10.9 Å². The maximum Gasteiger partial charge on any atom is 0.313 e. The highest BCUT2D eigenvalue weighted by atomic mass is 35.5. The van der Waals surface area contributed by atoms with E-state index in [4.69, 9.17) is 16.3 Å². The number of benzene rings is 1. The lowest BCUT2D eigenvalue weighted by atomic mass is 9.91. The molecule has 1 saturated carbocycles. The molecule has 0 heterocycles. The van der Waals surface area contributed by atoms with Gasteiger partial charge in [0, 0.05) is 5.02 Å². The molecule has 1 fully saturated rings. The highest BCUT2D eigenvalue weighted by Crippen LogP contribution is 2.44. The van der Waals surface area contributed by atoms with E-state index < -0.39 is 0 Å². The van der Waals surface area contributed by atoms with Crippen LogP contribution in [0.25, 0.3) is 0 Å². The SMILES string of the molecule is COC(=O)C(c1ccc(Cl)cc1C)C1CC1. The molecule has 1 aromatic rings. The van der Waals surface area contributed by atoms with Crippen molar-refractivity contribution in [2.75, 3.05) is 7.11 Å². The number of esters is 1. The molecule has 1 aliphatic rings. The van der Waals surface area contributed by atoms with Crippen LogP contribution in [0.3, 0.4) is 0 Å². The fourth-order valence-corrected chi connectivity index (χ4v) is 2.34. The minimum absolute atomic E-state index is 0.109. The molecule has 2 rings (SSSR count). The number of carbonyl (C=O) groups excluding carboxylic acids is 1. The molecular formula is C13H15ClO2.